The summed E-state index contributed by atoms with van der Waals surface area (Å²) in [5, 5.41) is 3.63. The van der Waals surface area contributed by atoms with E-state index in [1.165, 1.54) is 25.7 Å². The highest BCUT2D eigenvalue weighted by Gasteiger charge is 2.24. The third kappa shape index (κ3) is 7.99. The fraction of sp³-hybridized carbons (Fsp3) is 0.947. The Balaban J connectivity index is 0.00000312. The first-order valence-corrected chi connectivity index (χ1v) is 9.80. The number of rotatable bonds is 7. The maximum Gasteiger partial charge on any atom is 0.193 e. The zero-order chi connectivity index (χ0) is 17.2. The summed E-state index contributed by atoms with van der Waals surface area (Å²) in [6.45, 7) is 7.14. The summed E-state index contributed by atoms with van der Waals surface area (Å²) in [4.78, 5) is 6.90. The van der Waals surface area contributed by atoms with Gasteiger partial charge in [0.05, 0.1) is 6.10 Å². The first-order valence-electron chi connectivity index (χ1n) is 9.80. The van der Waals surface area contributed by atoms with Crippen LogP contribution in [0.2, 0.25) is 0 Å². The molecule has 1 aliphatic heterocycles. The number of methoxy groups -OCH3 is 1. The Morgan fingerprint density at radius 3 is 2.48 bits per heavy atom. The van der Waals surface area contributed by atoms with Crippen LogP contribution < -0.4 is 5.32 Å². The Morgan fingerprint density at radius 1 is 1.12 bits per heavy atom. The van der Waals surface area contributed by atoms with Crippen molar-refractivity contribution in [2.75, 3.05) is 47.0 Å². The fourth-order valence-electron chi connectivity index (χ4n) is 3.94. The number of hydrogen-bond acceptors (Lipinski definition) is 3. The maximum absolute atomic E-state index is 5.95. The molecule has 0 radical (unpaired) electrons. The molecule has 0 aromatic heterocycles. The first kappa shape index (κ1) is 23.0. The molecule has 1 heterocycles. The van der Waals surface area contributed by atoms with Crippen LogP contribution in [-0.2, 0) is 9.47 Å². The molecule has 0 spiro atoms. The topological polar surface area (TPSA) is 46.1 Å². The van der Waals surface area contributed by atoms with Crippen molar-refractivity contribution in [1.82, 2.24) is 10.2 Å². The number of guanidine groups is 1. The van der Waals surface area contributed by atoms with Gasteiger partial charge < -0.3 is 19.7 Å². The van der Waals surface area contributed by atoms with E-state index in [1.807, 2.05) is 7.05 Å². The average molecular weight is 467 g/mol. The van der Waals surface area contributed by atoms with Crippen LogP contribution in [0.3, 0.4) is 0 Å². The summed E-state index contributed by atoms with van der Waals surface area (Å²) in [7, 11) is 3.64. The first-order chi connectivity index (χ1) is 11.7. The smallest absolute Gasteiger partial charge is 0.193 e. The molecule has 0 aromatic carbocycles. The Bertz CT molecular complexity index is 374. The van der Waals surface area contributed by atoms with Gasteiger partial charge in [0.25, 0.3) is 0 Å². The van der Waals surface area contributed by atoms with E-state index in [9.17, 15) is 0 Å². The number of nitrogens with one attached hydrogen (secondary N) is 1. The van der Waals surface area contributed by atoms with Gasteiger partial charge in [-0.15, -0.1) is 24.0 Å². The Labute approximate surface area is 171 Å². The molecule has 1 aliphatic carbocycles. The fourth-order valence-corrected chi connectivity index (χ4v) is 3.94. The molecule has 5 nitrogen and oxygen atoms in total. The Hall–Kier alpha value is -0.0800. The third-order valence-corrected chi connectivity index (χ3v) is 5.61. The van der Waals surface area contributed by atoms with E-state index in [4.69, 9.17) is 9.47 Å². The van der Waals surface area contributed by atoms with Crippen molar-refractivity contribution < 1.29 is 9.47 Å². The van der Waals surface area contributed by atoms with Gasteiger partial charge in [0, 0.05) is 47.0 Å². The number of likely N-dealkylation sites (tertiary alicyclic amines) is 1. The Kier molecular flexibility index (Phi) is 12.1. The van der Waals surface area contributed by atoms with Gasteiger partial charge in [-0.1, -0.05) is 26.2 Å². The highest BCUT2D eigenvalue weighted by Crippen LogP contribution is 2.28. The molecule has 0 bridgehead atoms. The molecule has 2 aliphatic rings. The lowest BCUT2D eigenvalue weighted by atomic mass is 9.80. The predicted octanol–water partition coefficient (Wildman–Crippen LogP) is 3.52. The van der Waals surface area contributed by atoms with E-state index in [1.54, 1.807) is 7.11 Å². The molecule has 6 heteroatoms. The van der Waals surface area contributed by atoms with Crippen molar-refractivity contribution in [3.63, 3.8) is 0 Å². The van der Waals surface area contributed by atoms with Crippen molar-refractivity contribution in [2.45, 2.75) is 58.0 Å². The van der Waals surface area contributed by atoms with Crippen LogP contribution in [0.15, 0.2) is 4.99 Å². The lowest BCUT2D eigenvalue weighted by Gasteiger charge is -2.35. The minimum Gasteiger partial charge on any atom is -0.385 e. The quantitative estimate of drug-likeness (QED) is 0.269. The molecule has 2 unspecified atom stereocenters. The molecular formula is C19H38IN3O2. The number of halogens is 1. The highest BCUT2D eigenvalue weighted by atomic mass is 127. The predicted molar refractivity (Wildman–Crippen MR) is 115 cm³/mol. The molecule has 0 amide bonds. The second-order valence-corrected chi connectivity index (χ2v) is 7.35. The lowest BCUT2D eigenvalue weighted by molar-refractivity contribution is 0.00985. The van der Waals surface area contributed by atoms with Crippen molar-refractivity contribution in [2.24, 2.45) is 16.8 Å². The number of nitrogens with zero attached hydrogens (tertiary/aromatic N) is 2. The van der Waals surface area contributed by atoms with Crippen LogP contribution in [0.1, 0.15) is 51.9 Å². The van der Waals surface area contributed by atoms with E-state index in [2.05, 4.69) is 22.1 Å². The van der Waals surface area contributed by atoms with E-state index in [0.717, 1.165) is 69.9 Å². The normalized spacial score (nSPS) is 25.6. The average Bonchev–Trinajstić information content (AvgIpc) is 2.62. The summed E-state index contributed by atoms with van der Waals surface area (Å²) in [6, 6.07) is 0. The SMILES string of the molecule is CN=C(NCC1CCCCC1C)N1CCC(OCCCOC)CC1.I. The standard InChI is InChI=1S/C19H37N3O2.HI/c1-16-7-4-5-8-17(16)15-21-19(20-2)22-11-9-18(10-12-22)24-14-6-13-23-3;/h16-18H,4-15H2,1-3H3,(H,20,21);1H. The number of piperidine rings is 1. The molecule has 0 aromatic rings. The van der Waals surface area contributed by atoms with Gasteiger partial charge in [-0.25, -0.2) is 0 Å². The van der Waals surface area contributed by atoms with Gasteiger partial charge in [0.2, 0.25) is 0 Å². The van der Waals surface area contributed by atoms with E-state index in [-0.39, 0.29) is 24.0 Å². The molecule has 2 atom stereocenters. The van der Waals surface area contributed by atoms with Crippen LogP contribution in [0.25, 0.3) is 0 Å². The Morgan fingerprint density at radius 2 is 1.84 bits per heavy atom. The molecule has 1 N–H and O–H groups in total. The van der Waals surface area contributed by atoms with Crippen LogP contribution >= 0.6 is 24.0 Å². The second kappa shape index (κ2) is 13.1. The van der Waals surface area contributed by atoms with Crippen molar-refractivity contribution in [3.05, 3.63) is 0 Å². The molecule has 2 rings (SSSR count). The van der Waals surface area contributed by atoms with Gasteiger partial charge in [-0.3, -0.25) is 4.99 Å². The molecule has 1 saturated heterocycles. The minimum atomic E-state index is 0. The largest absolute Gasteiger partial charge is 0.385 e. The highest BCUT2D eigenvalue weighted by molar-refractivity contribution is 14.0. The van der Waals surface area contributed by atoms with Crippen LogP contribution in [-0.4, -0.2) is 64.0 Å². The zero-order valence-corrected chi connectivity index (χ0v) is 18.7. The molecule has 148 valence electrons. The monoisotopic (exact) mass is 467 g/mol. The summed E-state index contributed by atoms with van der Waals surface area (Å²) >= 11 is 0. The van der Waals surface area contributed by atoms with E-state index >= 15 is 0 Å². The number of ether oxygens (including phenoxy) is 2. The maximum atomic E-state index is 5.95. The van der Waals surface area contributed by atoms with Crippen LogP contribution in [0.5, 0.6) is 0 Å². The molecule has 2 fully saturated rings. The summed E-state index contributed by atoms with van der Waals surface area (Å²) in [5.74, 6) is 2.72. The number of hydrogen-bond donors (Lipinski definition) is 1. The van der Waals surface area contributed by atoms with Gasteiger partial charge in [-0.2, -0.15) is 0 Å². The van der Waals surface area contributed by atoms with Gasteiger partial charge in [-0.05, 0) is 37.5 Å². The third-order valence-electron chi connectivity index (χ3n) is 5.61. The van der Waals surface area contributed by atoms with Crippen molar-refractivity contribution in [3.8, 4) is 0 Å². The summed E-state index contributed by atoms with van der Waals surface area (Å²) in [5.41, 5.74) is 0. The lowest BCUT2D eigenvalue weighted by Crippen LogP contribution is -2.48. The summed E-state index contributed by atoms with van der Waals surface area (Å²) < 4.78 is 11.0. The van der Waals surface area contributed by atoms with Crippen LogP contribution in [0, 0.1) is 11.8 Å². The molecule has 1 saturated carbocycles. The van der Waals surface area contributed by atoms with Crippen LogP contribution in [0.4, 0.5) is 0 Å². The number of aliphatic imine (C=N–C) groups is 1. The van der Waals surface area contributed by atoms with Crippen molar-refractivity contribution >= 4 is 29.9 Å². The second-order valence-electron chi connectivity index (χ2n) is 7.35. The summed E-state index contributed by atoms with van der Waals surface area (Å²) in [6.07, 6.45) is 9.11. The zero-order valence-electron chi connectivity index (χ0n) is 16.3. The van der Waals surface area contributed by atoms with Gasteiger partial charge in [0.15, 0.2) is 5.96 Å². The van der Waals surface area contributed by atoms with E-state index < -0.39 is 0 Å². The van der Waals surface area contributed by atoms with Crippen molar-refractivity contribution in [1.29, 1.82) is 0 Å². The van der Waals surface area contributed by atoms with Gasteiger partial charge in [0.1, 0.15) is 0 Å². The molecular weight excluding hydrogens is 429 g/mol. The minimum absolute atomic E-state index is 0. The molecule has 25 heavy (non-hydrogen) atoms. The van der Waals surface area contributed by atoms with E-state index in [0.29, 0.717) is 6.10 Å². The van der Waals surface area contributed by atoms with Gasteiger partial charge >= 0.3 is 0 Å².